The van der Waals surface area contributed by atoms with E-state index in [1.54, 1.807) is 0 Å². The standard InChI is InChI=1S/C25H27N5O3S/c1-3-8-19(9-4-1)24-28-29-25(33-24)34-18-22-26-27-23(32-22)20-10-12-21(13-11-20)31-17-7-16-30-14-5-2-6-15-30/h1,3-4,8-13H,2,5-7,14-18H2. The Labute approximate surface area is 202 Å². The minimum Gasteiger partial charge on any atom is -0.494 e. The number of benzene rings is 2. The van der Waals surface area contributed by atoms with Crippen LogP contribution < -0.4 is 4.74 Å². The Morgan fingerprint density at radius 3 is 2.35 bits per heavy atom. The van der Waals surface area contributed by atoms with Crippen molar-refractivity contribution < 1.29 is 13.6 Å². The molecule has 2 aromatic heterocycles. The number of likely N-dealkylation sites (tertiary alicyclic amines) is 1. The van der Waals surface area contributed by atoms with Crippen molar-refractivity contribution in [3.05, 3.63) is 60.5 Å². The molecule has 0 amide bonds. The molecule has 4 aromatic rings. The van der Waals surface area contributed by atoms with Gasteiger partial charge in [-0.1, -0.05) is 36.4 Å². The van der Waals surface area contributed by atoms with Gasteiger partial charge in [0.15, 0.2) is 0 Å². The molecule has 8 nitrogen and oxygen atoms in total. The van der Waals surface area contributed by atoms with E-state index in [1.807, 2.05) is 54.6 Å². The van der Waals surface area contributed by atoms with Gasteiger partial charge in [-0.05, 0) is 68.8 Å². The first-order valence-electron chi connectivity index (χ1n) is 11.6. The monoisotopic (exact) mass is 477 g/mol. The third-order valence-electron chi connectivity index (χ3n) is 5.65. The number of thioether (sulfide) groups is 1. The summed E-state index contributed by atoms with van der Waals surface area (Å²) in [7, 11) is 0. The Balaban J connectivity index is 1.09. The Kier molecular flexibility index (Phi) is 7.52. The van der Waals surface area contributed by atoms with Crippen LogP contribution >= 0.6 is 11.8 Å². The summed E-state index contributed by atoms with van der Waals surface area (Å²) in [6.07, 6.45) is 5.06. The van der Waals surface area contributed by atoms with Gasteiger partial charge in [-0.25, -0.2) is 0 Å². The maximum absolute atomic E-state index is 5.89. The lowest BCUT2D eigenvalue weighted by Crippen LogP contribution is -2.31. The first-order valence-corrected chi connectivity index (χ1v) is 12.6. The number of rotatable bonds is 10. The fourth-order valence-electron chi connectivity index (χ4n) is 3.87. The fourth-order valence-corrected chi connectivity index (χ4v) is 4.47. The lowest BCUT2D eigenvalue weighted by molar-refractivity contribution is 0.205. The molecule has 0 aliphatic carbocycles. The van der Waals surface area contributed by atoms with E-state index in [1.165, 1.54) is 44.1 Å². The van der Waals surface area contributed by atoms with E-state index in [0.717, 1.165) is 36.4 Å². The Morgan fingerprint density at radius 1 is 0.794 bits per heavy atom. The van der Waals surface area contributed by atoms with Gasteiger partial charge in [-0.15, -0.1) is 20.4 Å². The number of ether oxygens (including phenoxy) is 1. The highest BCUT2D eigenvalue weighted by Gasteiger charge is 2.13. The number of piperidine rings is 1. The third kappa shape index (κ3) is 6.03. The Hall–Kier alpha value is -3.17. The Bertz CT molecular complexity index is 1160. The van der Waals surface area contributed by atoms with Crippen LogP contribution in [0.5, 0.6) is 5.75 Å². The lowest BCUT2D eigenvalue weighted by Gasteiger charge is -2.26. The minimum absolute atomic E-state index is 0.446. The predicted molar refractivity (Wildman–Crippen MR) is 129 cm³/mol. The molecular formula is C25H27N5O3S. The molecule has 1 aliphatic rings. The molecule has 0 bridgehead atoms. The van der Waals surface area contributed by atoms with E-state index < -0.39 is 0 Å². The predicted octanol–water partition coefficient (Wildman–Crippen LogP) is 5.33. The SMILES string of the molecule is c1ccc(-c2nnc(SCc3nnc(-c4ccc(OCCCN5CCCCC5)cc4)o3)o2)cc1. The molecular weight excluding hydrogens is 450 g/mol. The van der Waals surface area contributed by atoms with Gasteiger partial charge in [-0.2, -0.15) is 0 Å². The van der Waals surface area contributed by atoms with E-state index in [4.69, 9.17) is 13.6 Å². The highest BCUT2D eigenvalue weighted by atomic mass is 32.2. The summed E-state index contributed by atoms with van der Waals surface area (Å²) >= 11 is 1.36. The summed E-state index contributed by atoms with van der Waals surface area (Å²) < 4.78 is 17.4. The van der Waals surface area contributed by atoms with Crippen LogP contribution in [0.15, 0.2) is 68.7 Å². The molecule has 3 heterocycles. The van der Waals surface area contributed by atoms with E-state index >= 15 is 0 Å². The number of hydrogen-bond donors (Lipinski definition) is 0. The van der Waals surface area contributed by atoms with Crippen LogP contribution in [0.25, 0.3) is 22.9 Å². The first-order chi connectivity index (χ1) is 16.8. The van der Waals surface area contributed by atoms with Crippen molar-refractivity contribution in [3.63, 3.8) is 0 Å². The zero-order chi connectivity index (χ0) is 23.0. The van der Waals surface area contributed by atoms with E-state index in [2.05, 4.69) is 25.3 Å². The van der Waals surface area contributed by atoms with E-state index in [0.29, 0.717) is 28.6 Å². The van der Waals surface area contributed by atoms with Crippen molar-refractivity contribution in [3.8, 4) is 28.7 Å². The smallest absolute Gasteiger partial charge is 0.277 e. The highest BCUT2D eigenvalue weighted by molar-refractivity contribution is 7.98. The van der Waals surface area contributed by atoms with Crippen molar-refractivity contribution in [2.24, 2.45) is 0 Å². The van der Waals surface area contributed by atoms with Crippen molar-refractivity contribution in [2.45, 2.75) is 36.7 Å². The van der Waals surface area contributed by atoms with Crippen molar-refractivity contribution in [1.29, 1.82) is 0 Å². The van der Waals surface area contributed by atoms with Gasteiger partial charge in [0.05, 0.1) is 12.4 Å². The summed E-state index contributed by atoms with van der Waals surface area (Å²) in [4.78, 5) is 2.53. The van der Waals surface area contributed by atoms with Crippen LogP contribution in [0.3, 0.4) is 0 Å². The second-order valence-electron chi connectivity index (χ2n) is 8.16. The topological polar surface area (TPSA) is 90.3 Å². The second kappa shape index (κ2) is 11.3. The molecule has 1 aliphatic heterocycles. The van der Waals surface area contributed by atoms with Crippen molar-refractivity contribution in [2.75, 3.05) is 26.2 Å². The van der Waals surface area contributed by atoms with Crippen LogP contribution in [0.1, 0.15) is 31.6 Å². The Morgan fingerprint density at radius 2 is 1.53 bits per heavy atom. The average molecular weight is 478 g/mol. The molecule has 0 radical (unpaired) electrons. The van der Waals surface area contributed by atoms with Gasteiger partial charge in [0.1, 0.15) is 5.75 Å². The minimum atomic E-state index is 0.446. The summed E-state index contributed by atoms with van der Waals surface area (Å²) in [5, 5.41) is 16.9. The number of nitrogens with zero attached hydrogens (tertiary/aromatic N) is 5. The zero-order valence-electron chi connectivity index (χ0n) is 18.9. The lowest BCUT2D eigenvalue weighted by atomic mass is 10.1. The summed E-state index contributed by atoms with van der Waals surface area (Å²) in [5.74, 6) is 2.76. The van der Waals surface area contributed by atoms with Crippen LogP contribution in [-0.2, 0) is 5.75 Å². The van der Waals surface area contributed by atoms with Gasteiger partial charge in [0.25, 0.3) is 5.22 Å². The number of aromatic nitrogens is 4. The molecule has 0 N–H and O–H groups in total. The molecule has 0 atom stereocenters. The molecule has 9 heteroatoms. The fraction of sp³-hybridized carbons (Fsp3) is 0.360. The van der Waals surface area contributed by atoms with Crippen LogP contribution in [0.2, 0.25) is 0 Å². The molecule has 2 aromatic carbocycles. The van der Waals surface area contributed by atoms with Gasteiger partial charge in [-0.3, -0.25) is 0 Å². The molecule has 5 rings (SSSR count). The number of hydrogen-bond acceptors (Lipinski definition) is 9. The quantitative estimate of drug-likeness (QED) is 0.222. The molecule has 1 fully saturated rings. The zero-order valence-corrected chi connectivity index (χ0v) is 19.7. The van der Waals surface area contributed by atoms with Gasteiger partial charge in [0, 0.05) is 17.7 Å². The normalized spacial score (nSPS) is 14.4. The van der Waals surface area contributed by atoms with Gasteiger partial charge >= 0.3 is 0 Å². The molecule has 0 unspecified atom stereocenters. The first kappa shape index (κ1) is 22.6. The average Bonchev–Trinajstić information content (AvgIpc) is 3.57. The molecule has 0 spiro atoms. The summed E-state index contributed by atoms with van der Waals surface area (Å²) in [6, 6.07) is 17.4. The molecule has 0 saturated carbocycles. The summed E-state index contributed by atoms with van der Waals surface area (Å²) in [6.45, 7) is 4.28. The third-order valence-corrected chi connectivity index (χ3v) is 6.45. The second-order valence-corrected chi connectivity index (χ2v) is 9.08. The van der Waals surface area contributed by atoms with Crippen molar-refractivity contribution >= 4 is 11.8 Å². The van der Waals surface area contributed by atoms with Gasteiger partial charge < -0.3 is 18.5 Å². The highest BCUT2D eigenvalue weighted by Crippen LogP contribution is 2.27. The summed E-state index contributed by atoms with van der Waals surface area (Å²) in [5.41, 5.74) is 1.74. The van der Waals surface area contributed by atoms with Gasteiger partial charge in [0.2, 0.25) is 17.7 Å². The van der Waals surface area contributed by atoms with Crippen molar-refractivity contribution in [1.82, 2.24) is 25.3 Å². The molecule has 34 heavy (non-hydrogen) atoms. The molecule has 176 valence electrons. The molecule has 1 saturated heterocycles. The largest absolute Gasteiger partial charge is 0.494 e. The maximum Gasteiger partial charge on any atom is 0.277 e. The van der Waals surface area contributed by atoms with E-state index in [-0.39, 0.29) is 0 Å². The van der Waals surface area contributed by atoms with Crippen LogP contribution in [0.4, 0.5) is 0 Å². The maximum atomic E-state index is 5.89. The van der Waals surface area contributed by atoms with Crippen LogP contribution in [-0.4, -0.2) is 51.5 Å². The van der Waals surface area contributed by atoms with E-state index in [9.17, 15) is 0 Å². The van der Waals surface area contributed by atoms with Crippen LogP contribution in [0, 0.1) is 0 Å².